The van der Waals surface area contributed by atoms with Gasteiger partial charge in [0.05, 0.1) is 5.92 Å². The third-order valence-corrected chi connectivity index (χ3v) is 3.82. The van der Waals surface area contributed by atoms with Crippen molar-refractivity contribution in [3.8, 4) is 0 Å². The van der Waals surface area contributed by atoms with Crippen LogP contribution in [-0.4, -0.2) is 23.9 Å². The number of oxime groups is 1. The Hall–Kier alpha value is -1.06. The molecule has 17 heavy (non-hydrogen) atoms. The second-order valence-electron chi connectivity index (χ2n) is 5.23. The van der Waals surface area contributed by atoms with E-state index in [0.717, 1.165) is 12.8 Å². The van der Waals surface area contributed by atoms with Crippen LogP contribution < -0.4 is 0 Å². The van der Waals surface area contributed by atoms with Crippen LogP contribution in [0.2, 0.25) is 0 Å². The van der Waals surface area contributed by atoms with E-state index in [1.165, 1.54) is 0 Å². The lowest BCUT2D eigenvalue weighted by molar-refractivity contribution is -0.139. The van der Waals surface area contributed by atoms with Gasteiger partial charge in [0.2, 0.25) is 0 Å². The molecule has 0 spiro atoms. The van der Waals surface area contributed by atoms with E-state index >= 15 is 0 Å². The molecule has 0 saturated heterocycles. The van der Waals surface area contributed by atoms with Gasteiger partial charge in [-0.15, -0.1) is 0 Å². The molecule has 0 radical (unpaired) electrons. The Labute approximate surface area is 103 Å². The van der Waals surface area contributed by atoms with Gasteiger partial charge in [0.15, 0.2) is 0 Å². The predicted molar refractivity (Wildman–Crippen MR) is 66.9 cm³/mol. The van der Waals surface area contributed by atoms with Crippen LogP contribution in [0.15, 0.2) is 5.16 Å². The number of carbonyl (C=O) groups is 1. The summed E-state index contributed by atoms with van der Waals surface area (Å²) >= 11 is 0. The van der Waals surface area contributed by atoms with Crippen molar-refractivity contribution in [2.75, 3.05) is 6.61 Å². The largest absolute Gasteiger partial charge is 0.481 e. The van der Waals surface area contributed by atoms with Gasteiger partial charge in [-0.3, -0.25) is 4.79 Å². The van der Waals surface area contributed by atoms with Gasteiger partial charge in [-0.2, -0.15) is 0 Å². The number of hydrogen-bond acceptors (Lipinski definition) is 3. The molecule has 0 amide bonds. The summed E-state index contributed by atoms with van der Waals surface area (Å²) in [5.41, 5.74) is -0.101. The van der Waals surface area contributed by atoms with E-state index in [1.54, 1.807) is 6.21 Å². The molecule has 1 unspecified atom stereocenters. The van der Waals surface area contributed by atoms with E-state index in [4.69, 9.17) is 9.94 Å². The highest BCUT2D eigenvalue weighted by atomic mass is 16.6. The van der Waals surface area contributed by atoms with Crippen LogP contribution in [0.4, 0.5) is 0 Å². The van der Waals surface area contributed by atoms with Crippen LogP contribution in [0.3, 0.4) is 0 Å². The zero-order valence-electron chi connectivity index (χ0n) is 11.1. The van der Waals surface area contributed by atoms with Crippen LogP contribution in [0.25, 0.3) is 0 Å². The Bertz CT molecular complexity index is 295. The van der Waals surface area contributed by atoms with Crippen molar-refractivity contribution in [3.63, 3.8) is 0 Å². The SMILES string of the molecule is CCC1(CC)C(/C=N/OCC(C)C)[C@H]1C(=O)O. The lowest BCUT2D eigenvalue weighted by atomic mass is 9.95. The Morgan fingerprint density at radius 1 is 1.47 bits per heavy atom. The highest BCUT2D eigenvalue weighted by Gasteiger charge is 2.65. The monoisotopic (exact) mass is 241 g/mol. The number of aliphatic carboxylic acids is 1. The molecule has 1 aliphatic carbocycles. The van der Waals surface area contributed by atoms with Gasteiger partial charge in [-0.1, -0.05) is 32.9 Å². The minimum absolute atomic E-state index is 0.0298. The topological polar surface area (TPSA) is 58.9 Å². The fraction of sp³-hybridized carbons (Fsp3) is 0.846. The Morgan fingerprint density at radius 2 is 2.06 bits per heavy atom. The molecule has 4 heteroatoms. The Kier molecular flexibility index (Phi) is 4.54. The molecule has 2 atom stereocenters. The van der Waals surface area contributed by atoms with E-state index in [1.807, 2.05) is 13.8 Å². The molecule has 1 saturated carbocycles. The molecule has 1 N–H and O–H groups in total. The second-order valence-corrected chi connectivity index (χ2v) is 5.23. The second kappa shape index (κ2) is 5.52. The maximum atomic E-state index is 11.1. The summed E-state index contributed by atoms with van der Waals surface area (Å²) < 4.78 is 0. The molecule has 1 aliphatic rings. The van der Waals surface area contributed by atoms with E-state index in [2.05, 4.69) is 19.0 Å². The van der Waals surface area contributed by atoms with Crippen LogP contribution in [-0.2, 0) is 9.63 Å². The molecule has 0 bridgehead atoms. The molecular formula is C13H23NO3. The van der Waals surface area contributed by atoms with Gasteiger partial charge >= 0.3 is 5.97 Å². The third-order valence-electron chi connectivity index (χ3n) is 3.82. The van der Waals surface area contributed by atoms with E-state index in [9.17, 15) is 4.79 Å². The van der Waals surface area contributed by atoms with Crippen LogP contribution in [0.1, 0.15) is 40.5 Å². The minimum Gasteiger partial charge on any atom is -0.481 e. The average Bonchev–Trinajstić information content (AvgIpc) is 2.93. The van der Waals surface area contributed by atoms with Crippen LogP contribution in [0, 0.1) is 23.2 Å². The quantitative estimate of drug-likeness (QED) is 0.550. The molecule has 4 nitrogen and oxygen atoms in total. The van der Waals surface area contributed by atoms with Gasteiger partial charge < -0.3 is 9.94 Å². The highest BCUT2D eigenvalue weighted by Crippen LogP contribution is 2.62. The van der Waals surface area contributed by atoms with E-state index in [-0.39, 0.29) is 17.3 Å². The molecule has 0 aromatic rings. The normalized spacial score (nSPS) is 26.4. The van der Waals surface area contributed by atoms with Gasteiger partial charge in [-0.25, -0.2) is 0 Å². The van der Waals surface area contributed by atoms with Crippen LogP contribution >= 0.6 is 0 Å². The minimum atomic E-state index is -0.714. The number of rotatable bonds is 7. The fourth-order valence-corrected chi connectivity index (χ4v) is 2.62. The molecule has 0 aliphatic heterocycles. The highest BCUT2D eigenvalue weighted by molar-refractivity contribution is 5.84. The van der Waals surface area contributed by atoms with Crippen molar-refractivity contribution in [2.24, 2.45) is 28.3 Å². The van der Waals surface area contributed by atoms with Crippen molar-refractivity contribution in [3.05, 3.63) is 0 Å². The fourth-order valence-electron chi connectivity index (χ4n) is 2.62. The maximum absolute atomic E-state index is 11.1. The predicted octanol–water partition coefficient (Wildman–Crippen LogP) is 2.78. The van der Waals surface area contributed by atoms with Crippen molar-refractivity contribution >= 4 is 12.2 Å². The lowest BCUT2D eigenvalue weighted by Crippen LogP contribution is -2.08. The molecular weight excluding hydrogens is 218 g/mol. The van der Waals surface area contributed by atoms with Gasteiger partial charge in [-0.05, 0) is 24.2 Å². The van der Waals surface area contributed by atoms with Gasteiger partial charge in [0.25, 0.3) is 0 Å². The molecule has 1 rings (SSSR count). The number of carboxylic acid groups (broad SMARTS) is 1. The summed E-state index contributed by atoms with van der Waals surface area (Å²) in [4.78, 5) is 16.3. The first-order chi connectivity index (χ1) is 7.99. The third kappa shape index (κ3) is 2.79. The van der Waals surface area contributed by atoms with Crippen LogP contribution in [0.5, 0.6) is 0 Å². The number of hydrogen-bond donors (Lipinski definition) is 1. The zero-order chi connectivity index (χ0) is 13.1. The zero-order valence-corrected chi connectivity index (χ0v) is 11.1. The smallest absolute Gasteiger partial charge is 0.307 e. The van der Waals surface area contributed by atoms with Crippen molar-refractivity contribution in [2.45, 2.75) is 40.5 Å². The molecule has 98 valence electrons. The number of nitrogens with zero attached hydrogens (tertiary/aromatic N) is 1. The summed E-state index contributed by atoms with van der Waals surface area (Å²) in [6, 6.07) is 0. The maximum Gasteiger partial charge on any atom is 0.307 e. The first-order valence-electron chi connectivity index (χ1n) is 6.37. The molecule has 0 aromatic carbocycles. The van der Waals surface area contributed by atoms with Crippen molar-refractivity contribution < 1.29 is 14.7 Å². The number of carboxylic acids is 1. The Morgan fingerprint density at radius 3 is 2.41 bits per heavy atom. The summed E-state index contributed by atoms with van der Waals surface area (Å²) in [5.74, 6) is -0.538. The van der Waals surface area contributed by atoms with Crippen molar-refractivity contribution in [1.82, 2.24) is 0 Å². The average molecular weight is 241 g/mol. The summed E-state index contributed by atoms with van der Waals surface area (Å²) in [5, 5.41) is 13.1. The van der Waals surface area contributed by atoms with Gasteiger partial charge in [0, 0.05) is 12.1 Å². The molecule has 0 heterocycles. The summed E-state index contributed by atoms with van der Waals surface area (Å²) in [7, 11) is 0. The van der Waals surface area contributed by atoms with Gasteiger partial charge in [0.1, 0.15) is 6.61 Å². The molecule has 0 aromatic heterocycles. The summed E-state index contributed by atoms with van der Waals surface area (Å²) in [6.07, 6.45) is 3.44. The first kappa shape index (κ1) is 14.0. The lowest BCUT2D eigenvalue weighted by Gasteiger charge is -2.09. The Balaban J connectivity index is 2.56. The van der Waals surface area contributed by atoms with E-state index < -0.39 is 5.97 Å². The summed E-state index contributed by atoms with van der Waals surface area (Å²) in [6.45, 7) is 8.76. The standard InChI is InChI=1S/C13H23NO3/c1-5-13(6-2)10(11(13)12(15)16)7-14-17-8-9(3)4/h7,9-11H,5-6,8H2,1-4H3,(H,15,16)/b14-7+/t10?,11-/m0/s1. The molecule has 1 fully saturated rings. The van der Waals surface area contributed by atoms with E-state index in [0.29, 0.717) is 12.5 Å². The first-order valence-corrected chi connectivity index (χ1v) is 6.37. The van der Waals surface area contributed by atoms with Crippen molar-refractivity contribution in [1.29, 1.82) is 0 Å².